The van der Waals surface area contributed by atoms with Crippen LogP contribution in [0.3, 0.4) is 0 Å². The number of terminal acetylenes is 1. The van der Waals surface area contributed by atoms with Crippen molar-refractivity contribution in [1.82, 2.24) is 14.5 Å². The predicted molar refractivity (Wildman–Crippen MR) is 100 cm³/mol. The van der Waals surface area contributed by atoms with Crippen LogP contribution in [0.1, 0.15) is 15.9 Å². The molecule has 0 aliphatic rings. The number of nitrogens with zero attached hydrogens (tertiary/aromatic N) is 3. The Balaban J connectivity index is 0.000000278. The molecule has 0 saturated carbocycles. The molecule has 2 aromatic carbocycles. The predicted octanol–water partition coefficient (Wildman–Crippen LogP) is 3.79. The second-order valence-electron chi connectivity index (χ2n) is 5.28. The van der Waals surface area contributed by atoms with Crippen LogP contribution < -0.4 is 0 Å². The molecule has 0 aliphatic carbocycles. The molecule has 0 fully saturated rings. The van der Waals surface area contributed by atoms with Gasteiger partial charge < -0.3 is 5.11 Å². The summed E-state index contributed by atoms with van der Waals surface area (Å²) in [6.45, 7) is 0. The molecule has 0 bridgehead atoms. The number of carboxylic acids is 1. The number of para-hydroxylation sites is 3. The minimum atomic E-state index is -1.02. The van der Waals surface area contributed by atoms with Crippen molar-refractivity contribution >= 4 is 17.0 Å². The van der Waals surface area contributed by atoms with Crippen molar-refractivity contribution < 1.29 is 9.90 Å². The molecule has 5 heteroatoms. The van der Waals surface area contributed by atoms with Crippen molar-refractivity contribution in [3.05, 3.63) is 90.5 Å². The van der Waals surface area contributed by atoms with Gasteiger partial charge in [0, 0.05) is 18.0 Å². The maximum Gasteiger partial charge on any atom is 0.337 e. The zero-order chi connectivity index (χ0) is 18.4. The summed E-state index contributed by atoms with van der Waals surface area (Å²) in [4.78, 5) is 19.5. The molecule has 0 amide bonds. The number of aromatic carboxylic acids is 1. The Morgan fingerprint density at radius 1 is 1.00 bits per heavy atom. The first kappa shape index (κ1) is 16.9. The molecule has 2 heterocycles. The van der Waals surface area contributed by atoms with Crippen molar-refractivity contribution in [2.24, 2.45) is 0 Å². The number of carboxylic acid groups (broad SMARTS) is 1. The van der Waals surface area contributed by atoms with Crippen LogP contribution in [0.25, 0.3) is 16.7 Å². The normalized spacial score (nSPS) is 9.81. The van der Waals surface area contributed by atoms with Gasteiger partial charge in [-0.2, -0.15) is 0 Å². The third kappa shape index (κ3) is 3.45. The summed E-state index contributed by atoms with van der Waals surface area (Å²) >= 11 is 0. The molecule has 5 nitrogen and oxygen atoms in total. The fraction of sp³-hybridized carbons (Fsp3) is 0. The molecular weight excluding hydrogens is 326 g/mol. The van der Waals surface area contributed by atoms with Crippen LogP contribution >= 0.6 is 0 Å². The topological polar surface area (TPSA) is 68.0 Å². The molecule has 126 valence electrons. The van der Waals surface area contributed by atoms with Gasteiger partial charge in [-0.25, -0.2) is 9.78 Å². The van der Waals surface area contributed by atoms with Gasteiger partial charge in [0.15, 0.2) is 0 Å². The molecular formula is C21H15N3O2. The number of fused-ring (bicyclic) bond motifs is 1. The largest absolute Gasteiger partial charge is 0.478 e. The smallest absolute Gasteiger partial charge is 0.337 e. The highest BCUT2D eigenvalue weighted by Crippen LogP contribution is 2.24. The van der Waals surface area contributed by atoms with E-state index < -0.39 is 5.97 Å². The lowest BCUT2D eigenvalue weighted by Gasteiger charge is -2.10. The highest BCUT2D eigenvalue weighted by molar-refractivity contribution is 5.94. The van der Waals surface area contributed by atoms with Crippen LogP contribution in [-0.2, 0) is 0 Å². The van der Waals surface area contributed by atoms with Gasteiger partial charge in [0.2, 0.25) is 0 Å². The van der Waals surface area contributed by atoms with E-state index in [1.165, 1.54) is 6.07 Å². The van der Waals surface area contributed by atoms with E-state index in [0.29, 0.717) is 11.3 Å². The van der Waals surface area contributed by atoms with E-state index >= 15 is 0 Å². The van der Waals surface area contributed by atoms with Crippen molar-refractivity contribution in [3.8, 4) is 18.0 Å². The molecule has 0 spiro atoms. The van der Waals surface area contributed by atoms with E-state index in [4.69, 9.17) is 6.42 Å². The van der Waals surface area contributed by atoms with Crippen molar-refractivity contribution in [2.75, 3.05) is 0 Å². The molecule has 2 aromatic heterocycles. The lowest BCUT2D eigenvalue weighted by Crippen LogP contribution is -2.07. The molecule has 0 atom stereocenters. The minimum absolute atomic E-state index is 0.156. The van der Waals surface area contributed by atoms with E-state index in [-0.39, 0.29) is 5.56 Å². The number of imidazole rings is 1. The molecule has 4 rings (SSSR count). The average Bonchev–Trinajstić information content (AvgIpc) is 3.13. The van der Waals surface area contributed by atoms with Gasteiger partial charge in [0.05, 0.1) is 22.3 Å². The maximum absolute atomic E-state index is 11.4. The van der Waals surface area contributed by atoms with Crippen molar-refractivity contribution in [3.63, 3.8) is 0 Å². The summed E-state index contributed by atoms with van der Waals surface area (Å²) in [6.07, 6.45) is 10.6. The van der Waals surface area contributed by atoms with Gasteiger partial charge in [-0.3, -0.25) is 9.55 Å². The lowest BCUT2D eigenvalue weighted by molar-refractivity contribution is 0.0697. The summed E-state index contributed by atoms with van der Waals surface area (Å²) in [5, 5.41) is 9.35. The second kappa shape index (κ2) is 7.77. The first-order valence-electron chi connectivity index (χ1n) is 7.82. The molecule has 0 saturated heterocycles. The van der Waals surface area contributed by atoms with Gasteiger partial charge in [0.1, 0.15) is 6.33 Å². The zero-order valence-electron chi connectivity index (χ0n) is 13.8. The maximum atomic E-state index is 11.4. The van der Waals surface area contributed by atoms with E-state index in [9.17, 15) is 9.90 Å². The monoisotopic (exact) mass is 341 g/mol. The number of hydrogen-bond donors (Lipinski definition) is 1. The van der Waals surface area contributed by atoms with E-state index in [0.717, 1.165) is 11.0 Å². The van der Waals surface area contributed by atoms with E-state index in [1.807, 2.05) is 42.5 Å². The van der Waals surface area contributed by atoms with Crippen LogP contribution in [0.4, 0.5) is 0 Å². The molecule has 0 unspecified atom stereocenters. The van der Waals surface area contributed by atoms with Crippen LogP contribution in [0.15, 0.2) is 79.4 Å². The van der Waals surface area contributed by atoms with Crippen LogP contribution in [0, 0.1) is 12.3 Å². The van der Waals surface area contributed by atoms with Crippen molar-refractivity contribution in [1.29, 1.82) is 0 Å². The first-order chi connectivity index (χ1) is 12.7. The summed E-state index contributed by atoms with van der Waals surface area (Å²) in [7, 11) is 0. The Bertz CT molecular complexity index is 1050. The Morgan fingerprint density at radius 2 is 1.77 bits per heavy atom. The molecule has 0 aliphatic heterocycles. The summed E-state index contributed by atoms with van der Waals surface area (Å²) in [6, 6.07) is 18.1. The van der Waals surface area contributed by atoms with Gasteiger partial charge in [-0.15, -0.1) is 6.42 Å². The van der Waals surface area contributed by atoms with Crippen molar-refractivity contribution in [2.45, 2.75) is 0 Å². The SMILES string of the molecule is C#Cc1cccc(C(=O)O)c1-n1cnc2ccccc21.c1ccncc1. The standard InChI is InChI=1S/C16H10N2O2.C5H5N/c1-2-11-6-5-7-12(16(19)20)15(11)18-10-17-13-8-3-4-9-14(13)18;1-2-4-6-5-3-1/h1,3-10H,(H,19,20);1-5H. The number of hydrogen-bond acceptors (Lipinski definition) is 3. The fourth-order valence-electron chi connectivity index (χ4n) is 2.54. The Hall–Kier alpha value is -3.91. The highest BCUT2D eigenvalue weighted by atomic mass is 16.4. The molecule has 26 heavy (non-hydrogen) atoms. The van der Waals surface area contributed by atoms with Gasteiger partial charge >= 0.3 is 5.97 Å². The fourth-order valence-corrected chi connectivity index (χ4v) is 2.54. The third-order valence-corrected chi connectivity index (χ3v) is 3.68. The number of pyridine rings is 1. The van der Waals surface area contributed by atoms with Gasteiger partial charge in [-0.05, 0) is 36.4 Å². The minimum Gasteiger partial charge on any atom is -0.478 e. The van der Waals surface area contributed by atoms with E-state index in [2.05, 4.69) is 15.9 Å². The Kier molecular flexibility index (Phi) is 5.06. The second-order valence-corrected chi connectivity index (χ2v) is 5.28. The quantitative estimate of drug-likeness (QED) is 0.563. The number of aromatic nitrogens is 3. The van der Waals surface area contributed by atoms with Gasteiger partial charge in [-0.1, -0.05) is 30.2 Å². The lowest BCUT2D eigenvalue weighted by atomic mass is 10.1. The van der Waals surface area contributed by atoms with Crippen LogP contribution in [0.5, 0.6) is 0 Å². The molecule has 1 N–H and O–H groups in total. The summed E-state index contributed by atoms with van der Waals surface area (Å²) in [5.74, 6) is 1.51. The average molecular weight is 341 g/mol. The highest BCUT2D eigenvalue weighted by Gasteiger charge is 2.16. The molecule has 0 radical (unpaired) electrons. The van der Waals surface area contributed by atoms with Crippen LogP contribution in [0.2, 0.25) is 0 Å². The number of carbonyl (C=O) groups is 1. The van der Waals surface area contributed by atoms with Gasteiger partial charge in [0.25, 0.3) is 0 Å². The third-order valence-electron chi connectivity index (χ3n) is 3.68. The number of benzene rings is 2. The Labute approximate surface area is 150 Å². The molecule has 4 aromatic rings. The Morgan fingerprint density at radius 3 is 2.38 bits per heavy atom. The summed E-state index contributed by atoms with van der Waals surface area (Å²) < 4.78 is 1.72. The zero-order valence-corrected chi connectivity index (χ0v) is 13.8. The summed E-state index contributed by atoms with van der Waals surface area (Å²) in [5.41, 5.74) is 2.75. The number of rotatable bonds is 2. The van der Waals surface area contributed by atoms with Crippen LogP contribution in [-0.4, -0.2) is 25.6 Å². The first-order valence-corrected chi connectivity index (χ1v) is 7.82. The van der Waals surface area contributed by atoms with E-state index in [1.54, 1.807) is 35.4 Å².